The number of nitrogens with zero attached hydrogens (tertiary/aromatic N) is 2. The fourth-order valence-electron chi connectivity index (χ4n) is 1.46. The number of hydrogen-bond acceptors (Lipinski definition) is 3. The van der Waals surface area contributed by atoms with Crippen LogP contribution in [-0.4, -0.2) is 15.7 Å². The quantitative estimate of drug-likeness (QED) is 0.922. The van der Waals surface area contributed by atoms with Crippen molar-refractivity contribution in [1.29, 1.82) is 0 Å². The molecule has 92 valence electrons. The average Bonchev–Trinajstić information content (AvgIpc) is 2.36. The van der Waals surface area contributed by atoms with Gasteiger partial charge in [0.1, 0.15) is 4.47 Å². The summed E-state index contributed by atoms with van der Waals surface area (Å²) in [5.74, 6) is -0.255. The summed E-state index contributed by atoms with van der Waals surface area (Å²) in [7, 11) is 0. The van der Waals surface area contributed by atoms with Gasteiger partial charge in [0.05, 0.1) is 17.6 Å². The molecule has 1 aromatic carbocycles. The molecule has 1 aromatic heterocycles. The molecule has 0 unspecified atom stereocenters. The number of rotatable bonds is 2. The van der Waals surface area contributed by atoms with E-state index in [2.05, 4.69) is 26.3 Å². The molecule has 0 atom stereocenters. The van der Waals surface area contributed by atoms with E-state index >= 15 is 0 Å². The zero-order valence-electron chi connectivity index (χ0n) is 9.55. The first-order chi connectivity index (χ1) is 8.59. The summed E-state index contributed by atoms with van der Waals surface area (Å²) in [6.45, 7) is 1.37. The third kappa shape index (κ3) is 2.48. The van der Waals surface area contributed by atoms with Crippen LogP contribution in [-0.2, 0) is 4.79 Å². The Kier molecular flexibility index (Phi) is 3.57. The van der Waals surface area contributed by atoms with Crippen LogP contribution in [0.3, 0.4) is 0 Å². The Labute approximate surface area is 112 Å². The SMILES string of the molecule is CC(=O)Nc1cnn(-c2ccccc2)c(=O)c1Br. The molecule has 6 heteroatoms. The first-order valence-corrected chi connectivity index (χ1v) is 6.00. The standard InChI is InChI=1S/C12H10BrN3O2/c1-8(17)15-10-7-14-16(12(18)11(10)13)9-5-3-2-4-6-9/h2-7H,1H3,(H,15,17). The third-order valence-corrected chi connectivity index (χ3v) is 3.00. The lowest BCUT2D eigenvalue weighted by atomic mass is 10.3. The number of para-hydroxylation sites is 1. The lowest BCUT2D eigenvalue weighted by Gasteiger charge is -2.08. The number of hydrogen-bond donors (Lipinski definition) is 1. The van der Waals surface area contributed by atoms with Crippen LogP contribution >= 0.6 is 15.9 Å². The van der Waals surface area contributed by atoms with Crippen LogP contribution < -0.4 is 10.9 Å². The van der Waals surface area contributed by atoms with Crippen molar-refractivity contribution >= 4 is 27.5 Å². The molecular formula is C12H10BrN3O2. The van der Waals surface area contributed by atoms with E-state index in [1.807, 2.05) is 18.2 Å². The van der Waals surface area contributed by atoms with Gasteiger partial charge in [-0.05, 0) is 28.1 Å². The monoisotopic (exact) mass is 307 g/mol. The van der Waals surface area contributed by atoms with Crippen molar-refractivity contribution in [2.75, 3.05) is 5.32 Å². The highest BCUT2D eigenvalue weighted by Gasteiger charge is 2.10. The molecule has 2 rings (SSSR count). The lowest BCUT2D eigenvalue weighted by Crippen LogP contribution is -2.23. The maximum Gasteiger partial charge on any atom is 0.287 e. The molecule has 2 aromatic rings. The summed E-state index contributed by atoms with van der Waals surface area (Å²) in [5, 5.41) is 6.55. The molecule has 1 heterocycles. The molecular weight excluding hydrogens is 298 g/mol. The molecule has 0 bridgehead atoms. The predicted octanol–water partition coefficient (Wildman–Crippen LogP) is 1.95. The molecule has 0 fully saturated rings. The van der Waals surface area contributed by atoms with Crippen molar-refractivity contribution < 1.29 is 4.79 Å². The van der Waals surface area contributed by atoms with Crippen LogP contribution in [0.15, 0.2) is 45.8 Å². The van der Waals surface area contributed by atoms with Crippen LogP contribution in [0.1, 0.15) is 6.92 Å². The Balaban J connectivity index is 2.51. The minimum Gasteiger partial charge on any atom is -0.324 e. The van der Waals surface area contributed by atoms with E-state index in [0.29, 0.717) is 11.4 Å². The van der Waals surface area contributed by atoms with E-state index in [4.69, 9.17) is 0 Å². The molecule has 1 amide bonds. The number of amides is 1. The minimum absolute atomic E-state index is 0.255. The Morgan fingerprint density at radius 3 is 2.61 bits per heavy atom. The fourth-order valence-corrected chi connectivity index (χ4v) is 1.83. The summed E-state index contributed by atoms with van der Waals surface area (Å²) in [4.78, 5) is 23.0. The summed E-state index contributed by atoms with van der Waals surface area (Å²) in [5.41, 5.74) is 0.699. The van der Waals surface area contributed by atoms with Crippen molar-refractivity contribution in [2.45, 2.75) is 6.92 Å². The summed E-state index contributed by atoms with van der Waals surface area (Å²) in [6.07, 6.45) is 1.43. The van der Waals surface area contributed by atoms with Gasteiger partial charge >= 0.3 is 0 Å². The van der Waals surface area contributed by atoms with Gasteiger partial charge in [0.15, 0.2) is 0 Å². The second-order valence-electron chi connectivity index (χ2n) is 3.61. The van der Waals surface area contributed by atoms with Crippen LogP contribution in [0, 0.1) is 0 Å². The Morgan fingerprint density at radius 1 is 1.33 bits per heavy atom. The molecule has 0 aliphatic rings. The van der Waals surface area contributed by atoms with E-state index in [-0.39, 0.29) is 15.9 Å². The second-order valence-corrected chi connectivity index (χ2v) is 4.40. The van der Waals surface area contributed by atoms with Crippen LogP contribution in [0.5, 0.6) is 0 Å². The maximum atomic E-state index is 12.1. The summed E-state index contributed by atoms with van der Waals surface area (Å²) < 4.78 is 1.53. The van der Waals surface area contributed by atoms with Crippen molar-refractivity contribution in [1.82, 2.24) is 9.78 Å². The number of nitrogens with one attached hydrogen (secondary N) is 1. The van der Waals surface area contributed by atoms with E-state index in [1.165, 1.54) is 17.8 Å². The molecule has 1 N–H and O–H groups in total. The number of carbonyl (C=O) groups excluding carboxylic acids is 1. The highest BCUT2D eigenvalue weighted by molar-refractivity contribution is 9.10. The smallest absolute Gasteiger partial charge is 0.287 e. The first-order valence-electron chi connectivity index (χ1n) is 5.20. The topological polar surface area (TPSA) is 64.0 Å². The lowest BCUT2D eigenvalue weighted by molar-refractivity contribution is -0.114. The zero-order valence-corrected chi connectivity index (χ0v) is 11.1. The van der Waals surface area contributed by atoms with Gasteiger partial charge in [-0.15, -0.1) is 0 Å². The van der Waals surface area contributed by atoms with Gasteiger partial charge in [0, 0.05) is 6.92 Å². The Bertz CT molecular complexity index is 638. The molecule has 0 radical (unpaired) electrons. The van der Waals surface area contributed by atoms with Crippen molar-refractivity contribution in [3.8, 4) is 5.69 Å². The van der Waals surface area contributed by atoms with Gasteiger partial charge < -0.3 is 5.32 Å². The van der Waals surface area contributed by atoms with Crippen LogP contribution in [0.4, 0.5) is 5.69 Å². The van der Waals surface area contributed by atoms with Gasteiger partial charge in [-0.2, -0.15) is 9.78 Å². The fraction of sp³-hybridized carbons (Fsp3) is 0.0833. The third-order valence-electron chi connectivity index (χ3n) is 2.23. The van der Waals surface area contributed by atoms with Crippen LogP contribution in [0.2, 0.25) is 0 Å². The highest BCUT2D eigenvalue weighted by atomic mass is 79.9. The zero-order chi connectivity index (χ0) is 13.1. The van der Waals surface area contributed by atoms with E-state index in [9.17, 15) is 9.59 Å². The van der Waals surface area contributed by atoms with E-state index < -0.39 is 0 Å². The first kappa shape index (κ1) is 12.5. The largest absolute Gasteiger partial charge is 0.324 e. The van der Waals surface area contributed by atoms with Gasteiger partial charge in [-0.3, -0.25) is 9.59 Å². The Hall–Kier alpha value is -1.95. The van der Waals surface area contributed by atoms with Crippen molar-refractivity contribution in [3.63, 3.8) is 0 Å². The van der Waals surface area contributed by atoms with Gasteiger partial charge in [-0.25, -0.2) is 0 Å². The normalized spacial score (nSPS) is 10.1. The molecule has 0 spiro atoms. The van der Waals surface area contributed by atoms with Crippen molar-refractivity contribution in [3.05, 3.63) is 51.4 Å². The maximum absolute atomic E-state index is 12.1. The second kappa shape index (κ2) is 5.14. The number of halogens is 1. The summed E-state index contributed by atoms with van der Waals surface area (Å²) in [6, 6.07) is 9.05. The number of aromatic nitrogens is 2. The molecule has 0 aliphatic heterocycles. The number of carbonyl (C=O) groups is 1. The Morgan fingerprint density at radius 2 is 2.00 bits per heavy atom. The van der Waals surface area contributed by atoms with Gasteiger partial charge in [0.25, 0.3) is 5.56 Å². The predicted molar refractivity (Wildman–Crippen MR) is 71.8 cm³/mol. The van der Waals surface area contributed by atoms with Crippen molar-refractivity contribution in [2.24, 2.45) is 0 Å². The van der Waals surface area contributed by atoms with E-state index in [0.717, 1.165) is 0 Å². The van der Waals surface area contributed by atoms with E-state index in [1.54, 1.807) is 12.1 Å². The average molecular weight is 308 g/mol. The number of benzene rings is 1. The minimum atomic E-state index is -0.326. The highest BCUT2D eigenvalue weighted by Crippen LogP contribution is 2.17. The summed E-state index contributed by atoms with van der Waals surface area (Å²) >= 11 is 3.17. The molecule has 5 nitrogen and oxygen atoms in total. The van der Waals surface area contributed by atoms with Gasteiger partial charge in [0.2, 0.25) is 5.91 Å². The molecule has 0 saturated heterocycles. The molecule has 18 heavy (non-hydrogen) atoms. The molecule has 0 saturated carbocycles. The number of anilines is 1. The van der Waals surface area contributed by atoms with Crippen LogP contribution in [0.25, 0.3) is 5.69 Å². The van der Waals surface area contributed by atoms with Gasteiger partial charge in [-0.1, -0.05) is 18.2 Å². The molecule has 0 aliphatic carbocycles.